The van der Waals surface area contributed by atoms with Crippen molar-refractivity contribution < 1.29 is 18.7 Å². The molecule has 23 heavy (non-hydrogen) atoms. The fourth-order valence-electron chi connectivity index (χ4n) is 1.58. The predicted molar refractivity (Wildman–Crippen MR) is 91.5 cm³/mol. The number of esters is 1. The number of rotatable bonds is 5. The molecular weight excluding hydrogens is 341 g/mol. The van der Waals surface area contributed by atoms with Gasteiger partial charge in [-0.25, -0.2) is 4.39 Å². The van der Waals surface area contributed by atoms with Gasteiger partial charge < -0.3 is 10.1 Å². The van der Waals surface area contributed by atoms with Crippen molar-refractivity contribution in [1.82, 2.24) is 0 Å². The lowest BCUT2D eigenvalue weighted by Crippen LogP contribution is -2.28. The summed E-state index contributed by atoms with van der Waals surface area (Å²) in [5.74, 6) is -1.31. The van der Waals surface area contributed by atoms with Crippen LogP contribution >= 0.6 is 23.4 Å². The topological polar surface area (TPSA) is 55.4 Å². The number of nitrogens with one attached hydrogen (secondary N) is 1. The third-order valence-corrected chi connectivity index (χ3v) is 4.22. The van der Waals surface area contributed by atoms with Crippen molar-refractivity contribution >= 4 is 40.9 Å². The number of ether oxygens (including phenoxy) is 1. The fraction of sp³-hybridized carbons (Fsp3) is 0.500. The first-order valence-corrected chi connectivity index (χ1v) is 8.47. The van der Waals surface area contributed by atoms with Crippen LogP contribution in [0.15, 0.2) is 17.0 Å². The van der Waals surface area contributed by atoms with E-state index in [1.807, 2.05) is 0 Å². The average Bonchev–Trinajstić information content (AvgIpc) is 2.41. The Morgan fingerprint density at radius 2 is 2.00 bits per heavy atom. The first-order chi connectivity index (χ1) is 10.5. The minimum atomic E-state index is -0.619. The van der Waals surface area contributed by atoms with Crippen LogP contribution in [0.4, 0.5) is 10.1 Å². The van der Waals surface area contributed by atoms with E-state index in [1.165, 1.54) is 6.07 Å². The molecule has 1 aromatic carbocycles. The molecule has 0 bridgehead atoms. The minimum Gasteiger partial charge on any atom is -0.459 e. The van der Waals surface area contributed by atoms with Gasteiger partial charge in [0.1, 0.15) is 16.7 Å². The number of carbonyl (C=O) groups is 2. The average molecular weight is 362 g/mol. The maximum Gasteiger partial charge on any atom is 0.319 e. The summed E-state index contributed by atoms with van der Waals surface area (Å²) >= 11 is 7.18. The zero-order valence-corrected chi connectivity index (χ0v) is 15.4. The van der Waals surface area contributed by atoms with Crippen LogP contribution in [-0.2, 0) is 14.3 Å². The summed E-state index contributed by atoms with van der Waals surface area (Å²) in [4.78, 5) is 23.9. The summed E-state index contributed by atoms with van der Waals surface area (Å²) in [6, 6.07) is 2.55. The second-order valence-electron chi connectivity index (χ2n) is 5.96. The van der Waals surface area contributed by atoms with Gasteiger partial charge in [0.2, 0.25) is 5.91 Å². The molecule has 0 fully saturated rings. The summed E-state index contributed by atoms with van der Waals surface area (Å²) in [7, 11) is 0. The van der Waals surface area contributed by atoms with Gasteiger partial charge in [-0.15, -0.1) is 11.8 Å². The third-order valence-electron chi connectivity index (χ3n) is 2.66. The van der Waals surface area contributed by atoms with E-state index in [9.17, 15) is 14.0 Å². The van der Waals surface area contributed by atoms with E-state index >= 15 is 0 Å². The first kappa shape index (κ1) is 19.8. The van der Waals surface area contributed by atoms with E-state index in [0.717, 1.165) is 17.8 Å². The van der Waals surface area contributed by atoms with Gasteiger partial charge in [-0.3, -0.25) is 9.59 Å². The van der Waals surface area contributed by atoms with Crippen LogP contribution in [0.25, 0.3) is 0 Å². The Bertz CT molecular complexity index is 602. The molecule has 0 spiro atoms. The number of carbonyl (C=O) groups excluding carboxylic acids is 2. The molecule has 0 saturated carbocycles. The Kier molecular flexibility index (Phi) is 6.89. The number of amides is 1. The zero-order valence-electron chi connectivity index (χ0n) is 13.8. The highest BCUT2D eigenvalue weighted by Crippen LogP contribution is 2.35. The Balaban J connectivity index is 2.93. The molecule has 0 aliphatic carbocycles. The number of thioether (sulfide) groups is 1. The van der Waals surface area contributed by atoms with Crippen molar-refractivity contribution in [3.8, 4) is 0 Å². The standard InChI is InChI=1S/C16H21ClFNO3S/c1-6-14(20)19-12-8-13(10(17)7-11(12)18)23-9(2)15(21)22-16(3,4)5/h7-9H,6H2,1-5H3,(H,19,20). The highest BCUT2D eigenvalue weighted by atomic mass is 35.5. The molecule has 128 valence electrons. The van der Waals surface area contributed by atoms with Gasteiger partial charge in [0.25, 0.3) is 0 Å². The molecule has 0 aliphatic rings. The Morgan fingerprint density at radius 1 is 1.39 bits per heavy atom. The van der Waals surface area contributed by atoms with Gasteiger partial charge in [0.05, 0.1) is 10.7 Å². The van der Waals surface area contributed by atoms with Crippen molar-refractivity contribution in [3.05, 3.63) is 23.0 Å². The van der Waals surface area contributed by atoms with Gasteiger partial charge in [-0.1, -0.05) is 18.5 Å². The van der Waals surface area contributed by atoms with Gasteiger partial charge in [0, 0.05) is 11.3 Å². The highest BCUT2D eigenvalue weighted by Gasteiger charge is 2.24. The van der Waals surface area contributed by atoms with Crippen LogP contribution < -0.4 is 5.32 Å². The second kappa shape index (κ2) is 8.02. The smallest absolute Gasteiger partial charge is 0.319 e. The molecule has 1 unspecified atom stereocenters. The lowest BCUT2D eigenvalue weighted by molar-refractivity contribution is -0.153. The van der Waals surface area contributed by atoms with Crippen LogP contribution in [0.2, 0.25) is 5.02 Å². The largest absolute Gasteiger partial charge is 0.459 e. The van der Waals surface area contributed by atoms with Crippen LogP contribution in [0, 0.1) is 5.82 Å². The SMILES string of the molecule is CCC(=O)Nc1cc(SC(C)C(=O)OC(C)(C)C)c(Cl)cc1F. The zero-order chi connectivity index (χ0) is 17.8. The summed E-state index contributed by atoms with van der Waals surface area (Å²) in [6.45, 7) is 8.70. The molecule has 1 amide bonds. The summed E-state index contributed by atoms with van der Waals surface area (Å²) < 4.78 is 19.1. The number of benzene rings is 1. The van der Waals surface area contributed by atoms with Gasteiger partial charge in [0.15, 0.2) is 0 Å². The van der Waals surface area contributed by atoms with Crippen molar-refractivity contribution in [1.29, 1.82) is 0 Å². The molecule has 1 atom stereocenters. The first-order valence-electron chi connectivity index (χ1n) is 7.22. The minimum absolute atomic E-state index is 0.0418. The van der Waals surface area contributed by atoms with Gasteiger partial charge in [-0.05, 0) is 39.8 Å². The number of hydrogen-bond acceptors (Lipinski definition) is 4. The number of anilines is 1. The molecule has 0 aromatic heterocycles. The Hall–Kier alpha value is -1.27. The molecule has 7 heteroatoms. The molecule has 1 rings (SSSR count). The quantitative estimate of drug-likeness (QED) is 0.612. The molecule has 1 aromatic rings. The van der Waals surface area contributed by atoms with Crippen molar-refractivity contribution in [2.45, 2.75) is 56.8 Å². The molecule has 0 saturated heterocycles. The monoisotopic (exact) mass is 361 g/mol. The van der Waals surface area contributed by atoms with E-state index in [0.29, 0.717) is 4.90 Å². The maximum absolute atomic E-state index is 13.8. The van der Waals surface area contributed by atoms with Gasteiger partial charge in [-0.2, -0.15) is 0 Å². The molecule has 0 radical (unpaired) electrons. The van der Waals surface area contributed by atoms with E-state index in [1.54, 1.807) is 34.6 Å². The van der Waals surface area contributed by atoms with Crippen LogP contribution in [-0.4, -0.2) is 22.7 Å². The highest BCUT2D eigenvalue weighted by molar-refractivity contribution is 8.00. The van der Waals surface area contributed by atoms with Crippen molar-refractivity contribution in [3.63, 3.8) is 0 Å². The van der Waals surface area contributed by atoms with E-state index in [-0.39, 0.29) is 29.0 Å². The van der Waals surface area contributed by atoms with Crippen LogP contribution in [0.5, 0.6) is 0 Å². The van der Waals surface area contributed by atoms with E-state index in [4.69, 9.17) is 16.3 Å². The Labute approximate surface area is 145 Å². The maximum atomic E-state index is 13.8. The Morgan fingerprint density at radius 3 is 2.52 bits per heavy atom. The molecule has 0 heterocycles. The molecule has 4 nitrogen and oxygen atoms in total. The fourth-order valence-corrected chi connectivity index (χ4v) is 2.74. The molecule has 0 aliphatic heterocycles. The summed E-state index contributed by atoms with van der Waals surface area (Å²) in [5, 5.41) is 2.12. The normalized spacial score (nSPS) is 12.7. The van der Waals surface area contributed by atoms with Gasteiger partial charge >= 0.3 is 5.97 Å². The van der Waals surface area contributed by atoms with Crippen LogP contribution in [0.1, 0.15) is 41.0 Å². The molecular formula is C16H21ClFNO3S. The van der Waals surface area contributed by atoms with E-state index < -0.39 is 16.7 Å². The van der Waals surface area contributed by atoms with Crippen molar-refractivity contribution in [2.24, 2.45) is 0 Å². The number of halogens is 2. The second-order valence-corrected chi connectivity index (χ2v) is 7.75. The summed E-state index contributed by atoms with van der Waals surface area (Å²) in [5.41, 5.74) is -0.543. The predicted octanol–water partition coefficient (Wildman–Crippen LogP) is 4.65. The third kappa shape index (κ3) is 6.39. The summed E-state index contributed by atoms with van der Waals surface area (Å²) in [6.07, 6.45) is 0.235. The van der Waals surface area contributed by atoms with Crippen LogP contribution in [0.3, 0.4) is 0 Å². The molecule has 1 N–H and O–H groups in total. The number of hydrogen-bond donors (Lipinski definition) is 1. The van der Waals surface area contributed by atoms with Crippen molar-refractivity contribution in [2.75, 3.05) is 5.32 Å². The lowest BCUT2D eigenvalue weighted by Gasteiger charge is -2.22. The van der Waals surface area contributed by atoms with E-state index in [2.05, 4.69) is 5.32 Å². The lowest BCUT2D eigenvalue weighted by atomic mass is 10.2.